The third-order valence-electron chi connectivity index (χ3n) is 1.05. The highest BCUT2D eigenvalue weighted by molar-refractivity contribution is 7.48. The molecule has 0 saturated carbocycles. The summed E-state index contributed by atoms with van der Waals surface area (Å²) in [6, 6.07) is 0. The molecular weight excluding hydrogens is 233 g/mol. The van der Waals surface area contributed by atoms with Gasteiger partial charge >= 0.3 is 7.82 Å². The van der Waals surface area contributed by atoms with Gasteiger partial charge in [0, 0.05) is 0 Å². The van der Waals surface area contributed by atoms with Gasteiger partial charge in [-0.3, -0.25) is 18.4 Å². The molecule has 6 nitrogen and oxygen atoms in total. The maximum absolute atomic E-state index is 12.2. The van der Waals surface area contributed by atoms with Crippen LogP contribution >= 0.6 is 7.82 Å². The summed E-state index contributed by atoms with van der Waals surface area (Å²) in [5, 5.41) is 0. The van der Waals surface area contributed by atoms with Gasteiger partial charge in [-0.2, -0.15) is 0 Å². The number of nitrogens with two attached hydrogens (primary N) is 1. The molecule has 7 heteroatoms. The Morgan fingerprint density at radius 1 is 1.00 bits per heavy atom. The molecule has 0 aliphatic heterocycles. The van der Waals surface area contributed by atoms with Gasteiger partial charge in [0.25, 0.3) is 0 Å². The summed E-state index contributed by atoms with van der Waals surface area (Å²) in [4.78, 5) is 4.21. The molecule has 0 radical (unpaired) electrons. The average Bonchev–Trinajstić information content (AvgIpc) is 1.93. The third-order valence-corrected chi connectivity index (χ3v) is 3.01. The van der Waals surface area contributed by atoms with Crippen LogP contribution in [0, 0.1) is 0 Å². The van der Waals surface area contributed by atoms with E-state index in [9.17, 15) is 4.57 Å². The first-order chi connectivity index (χ1) is 6.97. The van der Waals surface area contributed by atoms with Crippen molar-refractivity contribution in [3.63, 3.8) is 0 Å². The van der Waals surface area contributed by atoms with Crippen LogP contribution in [0.3, 0.4) is 0 Å². The quantitative estimate of drug-likeness (QED) is 0.462. The molecule has 2 N–H and O–H groups in total. The maximum Gasteiger partial charge on any atom is 0.478 e. The van der Waals surface area contributed by atoms with E-state index in [0.717, 1.165) is 0 Å². The summed E-state index contributed by atoms with van der Waals surface area (Å²) >= 11 is 0. The van der Waals surface area contributed by atoms with Crippen molar-refractivity contribution in [2.45, 2.75) is 52.7 Å². The Kier molecular flexibility index (Phi) is 5.59. The van der Waals surface area contributed by atoms with Crippen LogP contribution in [-0.2, 0) is 23.0 Å². The smallest absolute Gasteiger partial charge is 0.281 e. The lowest BCUT2D eigenvalue weighted by Crippen LogP contribution is -2.25. The number of rotatable bonds is 5. The van der Waals surface area contributed by atoms with Gasteiger partial charge < -0.3 is 0 Å². The van der Waals surface area contributed by atoms with Gasteiger partial charge in [0.2, 0.25) is 0 Å². The lowest BCUT2D eigenvalue weighted by Gasteiger charge is -2.30. The molecule has 98 valence electrons. The second-order valence-corrected chi connectivity index (χ2v) is 6.79. The molecule has 0 aliphatic rings. The largest absolute Gasteiger partial charge is 0.478 e. The second kappa shape index (κ2) is 5.58. The standard InChI is InChI=1S/C9H22NO5P/c1-8(2,3)14-16(11,13-7-12-10)15-9(4,5)6/h7,10H2,1-6H3. The predicted octanol–water partition coefficient (Wildman–Crippen LogP) is 2.59. The van der Waals surface area contributed by atoms with E-state index in [1.807, 2.05) is 0 Å². The third kappa shape index (κ3) is 8.21. The Labute approximate surface area is 97.0 Å². The van der Waals surface area contributed by atoms with Crippen molar-refractivity contribution in [1.29, 1.82) is 0 Å². The van der Waals surface area contributed by atoms with Gasteiger partial charge in [-0.25, -0.2) is 10.5 Å². The van der Waals surface area contributed by atoms with E-state index in [0.29, 0.717) is 0 Å². The Morgan fingerprint density at radius 3 is 1.62 bits per heavy atom. The zero-order valence-electron chi connectivity index (χ0n) is 10.8. The Hall–Kier alpha value is 0.0300. The highest BCUT2D eigenvalue weighted by Crippen LogP contribution is 2.55. The Bertz CT molecular complexity index is 236. The normalized spacial score (nSPS) is 14.2. The molecule has 16 heavy (non-hydrogen) atoms. The van der Waals surface area contributed by atoms with Crippen LogP contribution < -0.4 is 5.90 Å². The predicted molar refractivity (Wildman–Crippen MR) is 60.5 cm³/mol. The fraction of sp³-hybridized carbons (Fsp3) is 1.00. The summed E-state index contributed by atoms with van der Waals surface area (Å²) in [6.07, 6.45) is 0. The first-order valence-corrected chi connectivity index (χ1v) is 6.41. The number of hydrogen-bond donors (Lipinski definition) is 1. The molecule has 0 atom stereocenters. The summed E-state index contributed by atoms with van der Waals surface area (Å²) in [5.41, 5.74) is -1.31. The van der Waals surface area contributed by atoms with Crippen molar-refractivity contribution < 1.29 is 23.0 Å². The van der Waals surface area contributed by atoms with Crippen LogP contribution in [0.4, 0.5) is 0 Å². The lowest BCUT2D eigenvalue weighted by molar-refractivity contribution is -0.0496. The minimum atomic E-state index is -3.68. The van der Waals surface area contributed by atoms with Crippen LogP contribution in [0.1, 0.15) is 41.5 Å². The van der Waals surface area contributed by atoms with Crippen LogP contribution in [0.25, 0.3) is 0 Å². The number of phosphoric acid groups is 1. The summed E-state index contributed by atoms with van der Waals surface area (Å²) in [7, 11) is -3.68. The van der Waals surface area contributed by atoms with Crippen LogP contribution in [0.2, 0.25) is 0 Å². The zero-order valence-corrected chi connectivity index (χ0v) is 11.7. The van der Waals surface area contributed by atoms with Crippen LogP contribution in [0.5, 0.6) is 0 Å². The molecular formula is C9H22NO5P. The molecule has 0 bridgehead atoms. The molecule has 0 aromatic rings. The van der Waals surface area contributed by atoms with Gasteiger partial charge in [0.1, 0.15) is 0 Å². The van der Waals surface area contributed by atoms with Crippen molar-refractivity contribution in [2.75, 3.05) is 6.79 Å². The number of hydrogen-bond acceptors (Lipinski definition) is 6. The van der Waals surface area contributed by atoms with Crippen LogP contribution in [-0.4, -0.2) is 18.0 Å². The molecule has 0 saturated heterocycles. The fourth-order valence-electron chi connectivity index (χ4n) is 0.837. The van der Waals surface area contributed by atoms with E-state index in [2.05, 4.69) is 4.84 Å². The van der Waals surface area contributed by atoms with Gasteiger partial charge in [0.05, 0.1) is 11.2 Å². The topological polar surface area (TPSA) is 80.0 Å². The van der Waals surface area contributed by atoms with E-state index in [4.69, 9.17) is 19.5 Å². The van der Waals surface area contributed by atoms with Crippen molar-refractivity contribution in [2.24, 2.45) is 5.90 Å². The molecule has 0 aromatic carbocycles. The molecule has 0 fully saturated rings. The van der Waals surface area contributed by atoms with Gasteiger partial charge in [-0.05, 0) is 41.5 Å². The molecule has 0 unspecified atom stereocenters. The van der Waals surface area contributed by atoms with Crippen molar-refractivity contribution in [3.05, 3.63) is 0 Å². The van der Waals surface area contributed by atoms with E-state index < -0.39 is 19.0 Å². The SMILES string of the molecule is CC(C)(C)OP(=O)(OCON)OC(C)(C)C. The van der Waals surface area contributed by atoms with E-state index >= 15 is 0 Å². The average molecular weight is 255 g/mol. The minimum absolute atomic E-state index is 0.358. The van der Waals surface area contributed by atoms with Gasteiger partial charge in [-0.15, -0.1) is 0 Å². The van der Waals surface area contributed by atoms with Crippen molar-refractivity contribution in [3.8, 4) is 0 Å². The minimum Gasteiger partial charge on any atom is -0.281 e. The first kappa shape index (κ1) is 16.0. The maximum atomic E-state index is 12.2. The molecule has 0 rings (SSSR count). The van der Waals surface area contributed by atoms with E-state index in [-0.39, 0.29) is 6.79 Å². The highest BCUT2D eigenvalue weighted by atomic mass is 31.2. The molecule has 0 heterocycles. The lowest BCUT2D eigenvalue weighted by atomic mass is 10.2. The van der Waals surface area contributed by atoms with E-state index in [1.165, 1.54) is 0 Å². The van der Waals surface area contributed by atoms with Crippen molar-refractivity contribution in [1.82, 2.24) is 0 Å². The zero-order chi connectivity index (χ0) is 13.0. The fourth-order valence-corrected chi connectivity index (χ4v) is 2.51. The summed E-state index contributed by atoms with van der Waals surface area (Å²) in [6.45, 7) is 10.1. The Balaban J connectivity index is 4.69. The van der Waals surface area contributed by atoms with Crippen LogP contribution in [0.15, 0.2) is 0 Å². The monoisotopic (exact) mass is 255 g/mol. The number of phosphoric ester groups is 1. The second-order valence-electron chi connectivity index (χ2n) is 5.27. The summed E-state index contributed by atoms with van der Waals surface area (Å²) in [5.74, 6) is 4.81. The molecule has 0 amide bonds. The van der Waals surface area contributed by atoms with Gasteiger partial charge in [0.15, 0.2) is 6.79 Å². The highest BCUT2D eigenvalue weighted by Gasteiger charge is 2.37. The molecule has 0 aromatic heterocycles. The van der Waals surface area contributed by atoms with Gasteiger partial charge in [-0.1, -0.05) is 0 Å². The molecule has 0 aliphatic carbocycles. The van der Waals surface area contributed by atoms with E-state index in [1.54, 1.807) is 41.5 Å². The molecule has 0 spiro atoms. The summed E-state index contributed by atoms with van der Waals surface area (Å²) < 4.78 is 27.7. The Morgan fingerprint density at radius 2 is 1.38 bits per heavy atom. The first-order valence-electron chi connectivity index (χ1n) is 4.95. The van der Waals surface area contributed by atoms with Crippen molar-refractivity contribution >= 4 is 7.82 Å².